The van der Waals surface area contributed by atoms with E-state index in [-0.39, 0.29) is 5.60 Å². The zero-order chi connectivity index (χ0) is 20.5. The molecule has 0 aliphatic carbocycles. The maximum absolute atomic E-state index is 6.50. The number of ether oxygens (including phenoxy) is 1. The number of halogens is 1. The van der Waals surface area contributed by atoms with Crippen LogP contribution in [-0.4, -0.2) is 0 Å². The molecule has 0 saturated carbocycles. The van der Waals surface area contributed by atoms with Crippen molar-refractivity contribution in [3.63, 3.8) is 0 Å². The van der Waals surface area contributed by atoms with E-state index in [0.29, 0.717) is 0 Å². The number of thiophene rings is 2. The zero-order valence-corrected chi connectivity index (χ0v) is 21.5. The van der Waals surface area contributed by atoms with Crippen molar-refractivity contribution >= 4 is 38.6 Å². The highest BCUT2D eigenvalue weighted by Gasteiger charge is 2.38. The Bertz CT molecular complexity index is 735. The monoisotopic (exact) mass is 496 g/mol. The molecule has 0 bridgehead atoms. The minimum Gasteiger partial charge on any atom is -0.481 e. The van der Waals surface area contributed by atoms with E-state index < -0.39 is 0 Å². The molecule has 0 amide bonds. The molecule has 1 unspecified atom stereocenters. The van der Waals surface area contributed by atoms with Crippen molar-refractivity contribution in [3.8, 4) is 15.5 Å². The Labute approximate surface area is 194 Å². The van der Waals surface area contributed by atoms with Crippen molar-refractivity contribution in [2.45, 2.75) is 109 Å². The predicted molar refractivity (Wildman–Crippen MR) is 134 cm³/mol. The molecule has 3 rings (SSSR count). The van der Waals surface area contributed by atoms with Crippen LogP contribution in [0.5, 0.6) is 5.75 Å². The highest BCUT2D eigenvalue weighted by atomic mass is 79.9. The zero-order valence-electron chi connectivity index (χ0n) is 18.2. The smallest absolute Gasteiger partial charge is 0.140 e. The lowest BCUT2D eigenvalue weighted by Gasteiger charge is -2.35. The van der Waals surface area contributed by atoms with Crippen LogP contribution < -0.4 is 4.74 Å². The minimum absolute atomic E-state index is 0.177. The topological polar surface area (TPSA) is 9.23 Å². The van der Waals surface area contributed by atoms with Crippen LogP contribution in [0.2, 0.25) is 0 Å². The van der Waals surface area contributed by atoms with E-state index in [1.807, 2.05) is 11.3 Å². The van der Waals surface area contributed by atoms with Crippen LogP contribution in [0.4, 0.5) is 0 Å². The summed E-state index contributed by atoms with van der Waals surface area (Å²) in [4.78, 5) is 2.71. The lowest BCUT2D eigenvalue weighted by atomic mass is 9.88. The Kier molecular flexibility index (Phi) is 9.58. The Morgan fingerprint density at radius 1 is 0.862 bits per heavy atom. The van der Waals surface area contributed by atoms with E-state index in [2.05, 4.69) is 47.3 Å². The first-order chi connectivity index (χ1) is 14.1. The molecule has 0 spiro atoms. The van der Waals surface area contributed by atoms with Crippen LogP contribution in [0.1, 0.15) is 109 Å². The molecular formula is C25H37BrOS2. The van der Waals surface area contributed by atoms with Gasteiger partial charge in [-0.05, 0) is 53.2 Å². The van der Waals surface area contributed by atoms with E-state index in [0.717, 1.165) is 12.2 Å². The number of hydrogen-bond donors (Lipinski definition) is 0. The summed E-state index contributed by atoms with van der Waals surface area (Å²) in [5, 5.41) is 2.15. The van der Waals surface area contributed by atoms with Crippen LogP contribution in [0.15, 0.2) is 21.3 Å². The summed E-state index contributed by atoms with van der Waals surface area (Å²) in [6.07, 6.45) is 19.3. The summed E-state index contributed by atoms with van der Waals surface area (Å²) in [6.45, 7) is 4.58. The average Bonchev–Trinajstić information content (AvgIpc) is 3.32. The molecule has 1 aliphatic heterocycles. The fourth-order valence-corrected chi connectivity index (χ4v) is 7.13. The summed E-state index contributed by atoms with van der Waals surface area (Å²) in [6, 6.07) is 4.42. The maximum Gasteiger partial charge on any atom is 0.140 e. The van der Waals surface area contributed by atoms with Crippen molar-refractivity contribution in [2.75, 3.05) is 0 Å². The van der Waals surface area contributed by atoms with Crippen molar-refractivity contribution in [2.24, 2.45) is 0 Å². The first-order valence-electron chi connectivity index (χ1n) is 11.7. The van der Waals surface area contributed by atoms with E-state index in [1.54, 1.807) is 11.3 Å². The van der Waals surface area contributed by atoms with E-state index in [1.165, 1.54) is 103 Å². The lowest BCUT2D eigenvalue weighted by Crippen LogP contribution is -2.31. The highest BCUT2D eigenvalue weighted by molar-refractivity contribution is 9.11. The summed E-state index contributed by atoms with van der Waals surface area (Å²) < 4.78 is 7.71. The Morgan fingerprint density at radius 2 is 1.45 bits per heavy atom. The van der Waals surface area contributed by atoms with Gasteiger partial charge >= 0.3 is 0 Å². The normalized spacial score (nSPS) is 17.8. The number of fused-ring (bicyclic) bond motifs is 3. The molecule has 0 fully saturated rings. The largest absolute Gasteiger partial charge is 0.481 e. The van der Waals surface area contributed by atoms with Gasteiger partial charge in [0.15, 0.2) is 0 Å². The van der Waals surface area contributed by atoms with Crippen molar-refractivity contribution in [3.05, 3.63) is 26.9 Å². The van der Waals surface area contributed by atoms with Gasteiger partial charge in [0, 0.05) is 5.56 Å². The third kappa shape index (κ3) is 6.58. The van der Waals surface area contributed by atoms with Gasteiger partial charge in [0.2, 0.25) is 0 Å². The summed E-state index contributed by atoms with van der Waals surface area (Å²) in [7, 11) is 0. The van der Waals surface area contributed by atoms with Gasteiger partial charge in [-0.25, -0.2) is 0 Å². The fourth-order valence-electron chi connectivity index (χ4n) is 4.43. The van der Waals surface area contributed by atoms with Crippen molar-refractivity contribution in [1.29, 1.82) is 0 Å². The SMILES string of the molecule is CCCCCCCCCCCCCCCC1(C)Oc2ccsc2-c2sc(Br)cc21. The van der Waals surface area contributed by atoms with Gasteiger partial charge in [-0.15, -0.1) is 22.7 Å². The number of rotatable bonds is 14. The molecule has 1 atom stereocenters. The first-order valence-corrected chi connectivity index (χ1v) is 14.2. The van der Waals surface area contributed by atoms with E-state index in [9.17, 15) is 0 Å². The number of unbranched alkanes of at least 4 members (excludes halogenated alkanes) is 12. The predicted octanol–water partition coefficient (Wildman–Crippen LogP) is 10.3. The Balaban J connectivity index is 1.30. The molecule has 29 heavy (non-hydrogen) atoms. The summed E-state index contributed by atoms with van der Waals surface area (Å²) in [5.41, 5.74) is 1.20. The highest BCUT2D eigenvalue weighted by Crippen LogP contribution is 2.53. The minimum atomic E-state index is -0.177. The van der Waals surface area contributed by atoms with E-state index in [4.69, 9.17) is 4.74 Å². The second kappa shape index (κ2) is 11.9. The van der Waals surface area contributed by atoms with Gasteiger partial charge in [-0.1, -0.05) is 84.0 Å². The van der Waals surface area contributed by atoms with Gasteiger partial charge in [0.25, 0.3) is 0 Å². The average molecular weight is 498 g/mol. The molecule has 4 heteroatoms. The quantitative estimate of drug-likeness (QED) is 0.236. The van der Waals surface area contributed by atoms with Crippen molar-refractivity contribution in [1.82, 2.24) is 0 Å². The molecule has 3 heterocycles. The van der Waals surface area contributed by atoms with Gasteiger partial charge in [-0.2, -0.15) is 0 Å². The van der Waals surface area contributed by atoms with Crippen molar-refractivity contribution < 1.29 is 4.74 Å². The van der Waals surface area contributed by atoms with Gasteiger partial charge < -0.3 is 4.74 Å². The Morgan fingerprint density at radius 3 is 2.07 bits per heavy atom. The molecule has 0 N–H and O–H groups in total. The molecule has 162 valence electrons. The van der Waals surface area contributed by atoms with Crippen LogP contribution in [0.3, 0.4) is 0 Å². The molecule has 1 nitrogen and oxygen atoms in total. The third-order valence-corrected chi connectivity index (χ3v) is 8.90. The van der Waals surface area contributed by atoms with Crippen LogP contribution >= 0.6 is 38.6 Å². The van der Waals surface area contributed by atoms with Crippen LogP contribution in [-0.2, 0) is 5.60 Å². The molecule has 2 aromatic heterocycles. The first kappa shape index (κ1) is 23.3. The second-order valence-electron chi connectivity index (χ2n) is 8.73. The molecule has 1 aliphatic rings. The van der Waals surface area contributed by atoms with Crippen LogP contribution in [0, 0.1) is 0 Å². The van der Waals surface area contributed by atoms with Gasteiger partial charge in [0.1, 0.15) is 11.4 Å². The maximum atomic E-state index is 6.50. The summed E-state index contributed by atoms with van der Waals surface area (Å²) in [5.74, 6) is 1.08. The number of hydrogen-bond acceptors (Lipinski definition) is 3. The summed E-state index contributed by atoms with van der Waals surface area (Å²) >= 11 is 7.34. The molecule has 0 radical (unpaired) electrons. The molecular weight excluding hydrogens is 460 g/mol. The van der Waals surface area contributed by atoms with Crippen LogP contribution in [0.25, 0.3) is 9.75 Å². The van der Waals surface area contributed by atoms with Gasteiger partial charge in [-0.3, -0.25) is 0 Å². The molecule has 0 saturated heterocycles. The van der Waals surface area contributed by atoms with Gasteiger partial charge in [0.05, 0.1) is 13.5 Å². The Hall–Kier alpha value is -0.320. The second-order valence-corrected chi connectivity index (χ2v) is 12.1. The lowest BCUT2D eigenvalue weighted by molar-refractivity contribution is 0.0722. The standard InChI is InChI=1S/C25H37BrOS2/c1-3-4-5-6-7-8-9-10-11-12-13-14-15-17-25(2)20-19-22(26)29-23(20)24-21(27-25)16-18-28-24/h16,18-19H,3-15,17H2,1-2H3. The molecule has 0 aromatic carbocycles. The molecule has 2 aromatic rings. The third-order valence-electron chi connectivity index (χ3n) is 6.20. The fraction of sp³-hybridized carbons (Fsp3) is 0.680. The van der Waals surface area contributed by atoms with E-state index >= 15 is 0 Å².